The van der Waals surface area contributed by atoms with E-state index in [1.807, 2.05) is 19.9 Å². The van der Waals surface area contributed by atoms with Crippen molar-refractivity contribution in [3.8, 4) is 0 Å². The van der Waals surface area contributed by atoms with Gasteiger partial charge in [0.2, 0.25) is 15.9 Å². The molecule has 4 rings (SSSR count). The van der Waals surface area contributed by atoms with Gasteiger partial charge in [0, 0.05) is 18.8 Å². The molecule has 4 amide bonds. The quantitative estimate of drug-likeness (QED) is 0.594. The maximum Gasteiger partial charge on any atom is 0.325 e. The monoisotopic (exact) mass is 498 g/mol. The zero-order chi connectivity index (χ0) is 25.4. The van der Waals surface area contributed by atoms with Gasteiger partial charge in [0.15, 0.2) is 0 Å². The zero-order valence-electron chi connectivity index (χ0n) is 20.0. The molecule has 2 aliphatic heterocycles. The number of hydrogen-bond donors (Lipinski definition) is 2. The van der Waals surface area contributed by atoms with Gasteiger partial charge in [-0.05, 0) is 55.0 Å². The fourth-order valence-corrected chi connectivity index (χ4v) is 6.49. The number of carbonyl (C=O) groups excluding carboxylic acids is 3. The predicted molar refractivity (Wildman–Crippen MR) is 131 cm³/mol. The van der Waals surface area contributed by atoms with Gasteiger partial charge >= 0.3 is 6.03 Å². The Hall–Kier alpha value is -3.24. The minimum Gasteiger partial charge on any atom is -0.325 e. The van der Waals surface area contributed by atoms with Crippen LogP contribution in [0.2, 0.25) is 0 Å². The molecule has 2 fully saturated rings. The van der Waals surface area contributed by atoms with Crippen molar-refractivity contribution in [2.24, 2.45) is 11.8 Å². The van der Waals surface area contributed by atoms with Crippen molar-refractivity contribution in [1.29, 1.82) is 0 Å². The Kier molecular flexibility index (Phi) is 6.70. The number of benzene rings is 2. The van der Waals surface area contributed by atoms with Gasteiger partial charge < -0.3 is 10.6 Å². The number of carbonyl (C=O) groups is 3. The molecule has 2 saturated heterocycles. The molecule has 2 N–H and O–H groups in total. The highest BCUT2D eigenvalue weighted by Crippen LogP contribution is 2.29. The number of amides is 4. The second kappa shape index (κ2) is 9.43. The molecule has 2 heterocycles. The van der Waals surface area contributed by atoms with Crippen LogP contribution in [0.15, 0.2) is 59.5 Å². The molecule has 0 radical (unpaired) electrons. The highest BCUT2D eigenvalue weighted by atomic mass is 32.2. The van der Waals surface area contributed by atoms with Crippen molar-refractivity contribution >= 4 is 33.6 Å². The number of imide groups is 1. The zero-order valence-corrected chi connectivity index (χ0v) is 20.8. The minimum atomic E-state index is -3.63. The number of rotatable bonds is 6. The Morgan fingerprint density at radius 3 is 2.23 bits per heavy atom. The number of urea groups is 1. The van der Waals surface area contributed by atoms with Crippen molar-refractivity contribution in [3.63, 3.8) is 0 Å². The molecule has 35 heavy (non-hydrogen) atoms. The molecule has 0 unspecified atom stereocenters. The van der Waals surface area contributed by atoms with Crippen molar-refractivity contribution < 1.29 is 22.8 Å². The topological polar surface area (TPSA) is 116 Å². The lowest BCUT2D eigenvalue weighted by Crippen LogP contribution is -2.42. The standard InChI is InChI=1S/C25H30N4O5S/c1-17-13-18(2)15-28(14-17)35(33,34)21-11-9-20(10-12-21)26-22(30)16-29-23(31)25(3,27-24(29)32)19-7-5-4-6-8-19/h4-12,17-18H,13-16H2,1-3H3,(H,26,30)(H,27,32)/t17-,18-,25-/m0/s1. The Morgan fingerprint density at radius 2 is 1.63 bits per heavy atom. The van der Waals surface area contributed by atoms with Crippen LogP contribution in [-0.4, -0.2) is 55.1 Å². The molecule has 2 aliphatic rings. The highest BCUT2D eigenvalue weighted by molar-refractivity contribution is 7.89. The molecule has 3 atom stereocenters. The van der Waals surface area contributed by atoms with Gasteiger partial charge in [-0.15, -0.1) is 0 Å². The number of anilines is 1. The van der Waals surface area contributed by atoms with Crippen molar-refractivity contribution in [1.82, 2.24) is 14.5 Å². The summed E-state index contributed by atoms with van der Waals surface area (Å²) in [6.07, 6.45) is 0.999. The van der Waals surface area contributed by atoms with Gasteiger partial charge in [0.1, 0.15) is 12.1 Å². The average Bonchev–Trinajstić information content (AvgIpc) is 3.03. The number of nitrogens with zero attached hydrogens (tertiary/aromatic N) is 2. The summed E-state index contributed by atoms with van der Waals surface area (Å²) in [5.41, 5.74) is -0.263. The van der Waals surface area contributed by atoms with E-state index in [-0.39, 0.29) is 4.90 Å². The van der Waals surface area contributed by atoms with Crippen LogP contribution in [0.1, 0.15) is 32.8 Å². The summed E-state index contributed by atoms with van der Waals surface area (Å²) in [4.78, 5) is 39.1. The maximum absolute atomic E-state index is 13.0. The maximum atomic E-state index is 13.0. The van der Waals surface area contributed by atoms with Gasteiger partial charge in [-0.2, -0.15) is 4.31 Å². The Labute approximate surface area is 205 Å². The number of nitrogens with one attached hydrogen (secondary N) is 2. The van der Waals surface area contributed by atoms with E-state index in [4.69, 9.17) is 0 Å². The first kappa shape index (κ1) is 24.9. The summed E-state index contributed by atoms with van der Waals surface area (Å²) in [7, 11) is -3.63. The van der Waals surface area contributed by atoms with Crippen LogP contribution < -0.4 is 10.6 Å². The molecule has 10 heteroatoms. The summed E-state index contributed by atoms with van der Waals surface area (Å²) in [6.45, 7) is 6.20. The number of hydrogen-bond acceptors (Lipinski definition) is 5. The molecule has 0 spiro atoms. The minimum absolute atomic E-state index is 0.157. The first-order chi connectivity index (χ1) is 16.5. The molecular formula is C25H30N4O5S. The summed E-state index contributed by atoms with van der Waals surface area (Å²) in [6, 6.07) is 14.1. The summed E-state index contributed by atoms with van der Waals surface area (Å²) in [5.74, 6) is -0.502. The van der Waals surface area contributed by atoms with Crippen LogP contribution in [0.4, 0.5) is 10.5 Å². The third-order valence-electron chi connectivity index (χ3n) is 6.54. The van der Waals surface area contributed by atoms with Crippen LogP contribution in [-0.2, 0) is 25.2 Å². The highest BCUT2D eigenvalue weighted by Gasteiger charge is 2.49. The predicted octanol–water partition coefficient (Wildman–Crippen LogP) is 2.76. The van der Waals surface area contributed by atoms with Crippen molar-refractivity contribution in [2.45, 2.75) is 37.6 Å². The third kappa shape index (κ3) is 4.94. The number of sulfonamides is 1. The van der Waals surface area contributed by atoms with E-state index in [0.717, 1.165) is 11.3 Å². The van der Waals surface area contributed by atoms with E-state index in [1.54, 1.807) is 31.2 Å². The lowest BCUT2D eigenvalue weighted by atomic mass is 9.92. The van der Waals surface area contributed by atoms with E-state index in [9.17, 15) is 22.8 Å². The van der Waals surface area contributed by atoms with Crippen LogP contribution in [0.5, 0.6) is 0 Å². The van der Waals surface area contributed by atoms with E-state index >= 15 is 0 Å². The molecule has 2 aromatic carbocycles. The first-order valence-corrected chi connectivity index (χ1v) is 13.0. The van der Waals surface area contributed by atoms with E-state index in [0.29, 0.717) is 36.2 Å². The number of piperidine rings is 1. The van der Waals surface area contributed by atoms with Crippen molar-refractivity contribution in [3.05, 3.63) is 60.2 Å². The van der Waals surface area contributed by atoms with Gasteiger partial charge in [0.05, 0.1) is 4.90 Å². The average molecular weight is 499 g/mol. The fourth-order valence-electron chi connectivity index (χ4n) is 4.81. The van der Waals surface area contributed by atoms with Gasteiger partial charge in [0.25, 0.3) is 5.91 Å². The van der Waals surface area contributed by atoms with Gasteiger partial charge in [-0.3, -0.25) is 14.5 Å². The summed E-state index contributed by atoms with van der Waals surface area (Å²) < 4.78 is 27.6. The first-order valence-electron chi connectivity index (χ1n) is 11.6. The van der Waals surface area contributed by atoms with E-state index in [1.165, 1.54) is 28.6 Å². The van der Waals surface area contributed by atoms with Crippen LogP contribution >= 0.6 is 0 Å². The van der Waals surface area contributed by atoms with Gasteiger partial charge in [-0.25, -0.2) is 13.2 Å². The van der Waals surface area contributed by atoms with E-state index < -0.39 is 40.0 Å². The van der Waals surface area contributed by atoms with Gasteiger partial charge in [-0.1, -0.05) is 44.2 Å². The molecule has 186 valence electrons. The Balaban J connectivity index is 1.41. The molecule has 2 aromatic rings. The molecule has 9 nitrogen and oxygen atoms in total. The van der Waals surface area contributed by atoms with Crippen LogP contribution in [0.3, 0.4) is 0 Å². The molecule has 0 aliphatic carbocycles. The smallest absolute Gasteiger partial charge is 0.325 e. The fraction of sp³-hybridized carbons (Fsp3) is 0.400. The van der Waals surface area contributed by atoms with Crippen molar-refractivity contribution in [2.75, 3.05) is 25.0 Å². The molecule has 0 aromatic heterocycles. The summed E-state index contributed by atoms with van der Waals surface area (Å²) >= 11 is 0. The molecule has 0 saturated carbocycles. The lowest BCUT2D eigenvalue weighted by molar-refractivity contribution is -0.133. The molecular weight excluding hydrogens is 468 g/mol. The van der Waals surface area contributed by atoms with Crippen LogP contribution in [0, 0.1) is 11.8 Å². The summed E-state index contributed by atoms with van der Waals surface area (Å²) in [5, 5.41) is 5.29. The third-order valence-corrected chi connectivity index (χ3v) is 8.38. The second-order valence-electron chi connectivity index (χ2n) is 9.65. The molecule has 0 bridgehead atoms. The largest absolute Gasteiger partial charge is 0.325 e. The Bertz CT molecular complexity index is 1220. The Morgan fingerprint density at radius 1 is 1.03 bits per heavy atom. The lowest BCUT2D eigenvalue weighted by Gasteiger charge is -2.34. The van der Waals surface area contributed by atoms with Crippen LogP contribution in [0.25, 0.3) is 0 Å². The van der Waals surface area contributed by atoms with E-state index in [2.05, 4.69) is 10.6 Å². The SMILES string of the molecule is C[C@H]1C[C@H](C)CN(S(=O)(=O)c2ccc(NC(=O)CN3C(=O)N[C@@](C)(c4ccccc4)C3=O)cc2)C1. The second-order valence-corrected chi connectivity index (χ2v) is 11.6. The normalized spacial score (nSPS) is 25.4.